The van der Waals surface area contributed by atoms with E-state index in [9.17, 15) is 4.79 Å². The molecule has 0 aliphatic heterocycles. The number of nitrogens with zero attached hydrogens (tertiary/aromatic N) is 1. The topological polar surface area (TPSA) is 69.2 Å². The zero-order chi connectivity index (χ0) is 16.8. The van der Waals surface area contributed by atoms with Crippen molar-refractivity contribution >= 4 is 23.0 Å². The van der Waals surface area contributed by atoms with E-state index < -0.39 is 0 Å². The third kappa shape index (κ3) is 3.81. The van der Waals surface area contributed by atoms with Gasteiger partial charge in [0, 0.05) is 5.56 Å². The van der Waals surface area contributed by atoms with Gasteiger partial charge in [0.1, 0.15) is 0 Å². The van der Waals surface area contributed by atoms with Gasteiger partial charge in [-0.15, -0.1) is 11.3 Å². The van der Waals surface area contributed by atoms with Crippen LogP contribution in [-0.2, 0) is 0 Å². The Morgan fingerprint density at radius 2 is 1.78 bits per heavy atom. The van der Waals surface area contributed by atoms with E-state index in [1.54, 1.807) is 46.5 Å². The fourth-order valence-electron chi connectivity index (χ4n) is 1.95. The average molecular weight is 334 g/mol. The molecule has 1 N–H and O–H groups in total. The van der Waals surface area contributed by atoms with Gasteiger partial charge in [0.25, 0.3) is 5.91 Å². The zero-order valence-electron chi connectivity index (χ0n) is 13.4. The van der Waals surface area contributed by atoms with Gasteiger partial charge >= 0.3 is 0 Å². The summed E-state index contributed by atoms with van der Waals surface area (Å²) in [6.07, 6.45) is 0. The molecule has 2 aromatic rings. The van der Waals surface area contributed by atoms with E-state index in [0.717, 1.165) is 5.56 Å². The first kappa shape index (κ1) is 16.8. The van der Waals surface area contributed by atoms with Crippen LogP contribution in [0, 0.1) is 0 Å². The summed E-state index contributed by atoms with van der Waals surface area (Å²) in [7, 11) is 4.64. The molecule has 1 aromatic carbocycles. The minimum atomic E-state index is -0.244. The lowest BCUT2D eigenvalue weighted by molar-refractivity contribution is 0.0959. The van der Waals surface area contributed by atoms with E-state index in [1.807, 2.05) is 11.4 Å². The van der Waals surface area contributed by atoms with Crippen molar-refractivity contribution in [2.24, 2.45) is 5.10 Å². The van der Waals surface area contributed by atoms with E-state index in [-0.39, 0.29) is 5.91 Å². The maximum atomic E-state index is 11.9. The fourth-order valence-corrected chi connectivity index (χ4v) is 2.57. The van der Waals surface area contributed by atoms with Crippen LogP contribution in [0.5, 0.6) is 17.2 Å². The lowest BCUT2D eigenvalue weighted by Gasteiger charge is -2.14. The molecule has 6 nitrogen and oxygen atoms in total. The van der Waals surface area contributed by atoms with Crippen LogP contribution < -0.4 is 19.6 Å². The average Bonchev–Trinajstić information content (AvgIpc) is 3.12. The number of hydrazone groups is 1. The molecule has 0 bridgehead atoms. The second-order valence-corrected chi connectivity index (χ2v) is 5.48. The Morgan fingerprint density at radius 1 is 1.13 bits per heavy atom. The van der Waals surface area contributed by atoms with Crippen molar-refractivity contribution in [3.63, 3.8) is 0 Å². The summed E-state index contributed by atoms with van der Waals surface area (Å²) < 4.78 is 15.9. The molecule has 23 heavy (non-hydrogen) atoms. The number of hydrogen-bond donors (Lipinski definition) is 1. The smallest absolute Gasteiger partial charge is 0.281 e. The largest absolute Gasteiger partial charge is 0.493 e. The van der Waals surface area contributed by atoms with E-state index in [4.69, 9.17) is 14.2 Å². The molecule has 0 fully saturated rings. The zero-order valence-corrected chi connectivity index (χ0v) is 14.2. The highest BCUT2D eigenvalue weighted by molar-refractivity contribution is 7.12. The van der Waals surface area contributed by atoms with Gasteiger partial charge in [0.05, 0.1) is 31.9 Å². The highest BCUT2D eigenvalue weighted by Crippen LogP contribution is 2.38. The Bertz CT molecular complexity index is 686. The number of carbonyl (C=O) groups is 1. The quantitative estimate of drug-likeness (QED) is 0.651. The van der Waals surface area contributed by atoms with Gasteiger partial charge in [-0.05, 0) is 30.5 Å². The number of benzene rings is 1. The number of carbonyl (C=O) groups excluding carboxylic acids is 1. The van der Waals surface area contributed by atoms with Crippen LogP contribution in [0.15, 0.2) is 34.7 Å². The van der Waals surface area contributed by atoms with Crippen molar-refractivity contribution in [3.8, 4) is 17.2 Å². The summed E-state index contributed by atoms with van der Waals surface area (Å²) >= 11 is 1.36. The minimum Gasteiger partial charge on any atom is -0.493 e. The minimum absolute atomic E-state index is 0.244. The number of methoxy groups -OCH3 is 3. The molecule has 7 heteroatoms. The van der Waals surface area contributed by atoms with Gasteiger partial charge in [-0.1, -0.05) is 6.07 Å². The van der Waals surface area contributed by atoms with Gasteiger partial charge in [-0.25, -0.2) is 5.43 Å². The predicted octanol–water partition coefficient (Wildman–Crippen LogP) is 2.93. The van der Waals surface area contributed by atoms with E-state index in [0.29, 0.717) is 27.8 Å². The molecule has 1 heterocycles. The van der Waals surface area contributed by atoms with Crippen LogP contribution in [0.1, 0.15) is 22.2 Å². The van der Waals surface area contributed by atoms with E-state index >= 15 is 0 Å². The Morgan fingerprint density at radius 3 is 2.26 bits per heavy atom. The monoisotopic (exact) mass is 334 g/mol. The highest BCUT2D eigenvalue weighted by atomic mass is 32.1. The van der Waals surface area contributed by atoms with Gasteiger partial charge in [0.15, 0.2) is 11.5 Å². The molecule has 1 amide bonds. The number of ether oxygens (including phenoxy) is 3. The third-order valence-corrected chi connectivity index (χ3v) is 4.02. The first-order valence-corrected chi connectivity index (χ1v) is 7.67. The van der Waals surface area contributed by atoms with Gasteiger partial charge in [-0.3, -0.25) is 4.79 Å². The van der Waals surface area contributed by atoms with Crippen LogP contribution in [-0.4, -0.2) is 32.9 Å². The standard InChI is InChI=1S/C16H18N2O4S/c1-10(17-18-16(19)14-6-5-7-23-14)11-8-12(20-2)15(22-4)13(9-11)21-3/h5-9H,1-4H3,(H,18,19)/b17-10-. The number of thiophene rings is 1. The maximum Gasteiger partial charge on any atom is 0.281 e. The van der Waals surface area contributed by atoms with E-state index in [2.05, 4.69) is 10.5 Å². The summed E-state index contributed by atoms with van der Waals surface area (Å²) in [5.41, 5.74) is 3.91. The Kier molecular flexibility index (Phi) is 5.59. The SMILES string of the molecule is COc1cc(/C(C)=N\NC(=O)c2cccs2)cc(OC)c1OC. The summed E-state index contributed by atoms with van der Waals surface area (Å²) in [5.74, 6) is 1.32. The molecule has 0 saturated carbocycles. The van der Waals surface area contributed by atoms with Gasteiger partial charge in [-0.2, -0.15) is 5.10 Å². The Labute approximate surface area is 138 Å². The van der Waals surface area contributed by atoms with Crippen molar-refractivity contribution in [3.05, 3.63) is 40.1 Å². The number of nitrogens with one attached hydrogen (secondary N) is 1. The molecule has 0 atom stereocenters. The van der Waals surface area contributed by atoms with Gasteiger partial charge < -0.3 is 14.2 Å². The molecule has 0 unspecified atom stereocenters. The second-order valence-electron chi connectivity index (χ2n) is 4.53. The van der Waals surface area contributed by atoms with Crippen molar-refractivity contribution in [1.29, 1.82) is 0 Å². The Hall–Kier alpha value is -2.54. The van der Waals surface area contributed by atoms with Gasteiger partial charge in [0.2, 0.25) is 5.75 Å². The van der Waals surface area contributed by atoms with Crippen LogP contribution in [0.3, 0.4) is 0 Å². The molecule has 122 valence electrons. The normalized spacial score (nSPS) is 11.0. The van der Waals surface area contributed by atoms with Crippen molar-refractivity contribution in [2.75, 3.05) is 21.3 Å². The number of rotatable bonds is 6. The number of hydrogen-bond acceptors (Lipinski definition) is 6. The first-order chi connectivity index (χ1) is 11.1. The fraction of sp³-hybridized carbons (Fsp3) is 0.250. The summed E-state index contributed by atoms with van der Waals surface area (Å²) in [5, 5.41) is 5.97. The van der Waals surface area contributed by atoms with Crippen LogP contribution in [0.25, 0.3) is 0 Å². The molecule has 0 saturated heterocycles. The van der Waals surface area contributed by atoms with E-state index in [1.165, 1.54) is 11.3 Å². The Balaban J connectivity index is 2.26. The molecular weight excluding hydrogens is 316 g/mol. The lowest BCUT2D eigenvalue weighted by atomic mass is 10.1. The molecular formula is C16H18N2O4S. The molecule has 0 aliphatic rings. The first-order valence-electron chi connectivity index (χ1n) is 6.79. The van der Waals surface area contributed by atoms with Crippen molar-refractivity contribution < 1.29 is 19.0 Å². The highest BCUT2D eigenvalue weighted by Gasteiger charge is 2.14. The number of amides is 1. The van der Waals surface area contributed by atoms with Crippen LogP contribution >= 0.6 is 11.3 Å². The second kappa shape index (κ2) is 7.64. The molecule has 1 aromatic heterocycles. The molecule has 0 radical (unpaired) electrons. The maximum absolute atomic E-state index is 11.9. The predicted molar refractivity (Wildman–Crippen MR) is 90.1 cm³/mol. The lowest BCUT2D eigenvalue weighted by Crippen LogP contribution is -2.18. The molecule has 2 rings (SSSR count). The third-order valence-electron chi connectivity index (χ3n) is 3.15. The summed E-state index contributed by atoms with van der Waals surface area (Å²) in [4.78, 5) is 12.5. The van der Waals surface area contributed by atoms with Crippen molar-refractivity contribution in [1.82, 2.24) is 5.43 Å². The molecule has 0 aliphatic carbocycles. The summed E-state index contributed by atoms with van der Waals surface area (Å²) in [6, 6.07) is 7.11. The summed E-state index contributed by atoms with van der Waals surface area (Å²) in [6.45, 7) is 1.79. The van der Waals surface area contributed by atoms with Crippen LogP contribution in [0.2, 0.25) is 0 Å². The van der Waals surface area contributed by atoms with Crippen molar-refractivity contribution in [2.45, 2.75) is 6.92 Å². The van der Waals surface area contributed by atoms with Crippen LogP contribution in [0.4, 0.5) is 0 Å². The molecule has 0 spiro atoms.